The minimum Gasteiger partial charge on any atom is -0.497 e. The zero-order valence-corrected chi connectivity index (χ0v) is 12.9. The van der Waals surface area contributed by atoms with Gasteiger partial charge in [-0.15, -0.1) is 6.58 Å². The number of nitrogens with one attached hydrogen (secondary N) is 1. The van der Waals surface area contributed by atoms with E-state index in [0.717, 1.165) is 18.7 Å². The largest absolute Gasteiger partial charge is 0.497 e. The van der Waals surface area contributed by atoms with Crippen molar-refractivity contribution in [3.63, 3.8) is 0 Å². The van der Waals surface area contributed by atoms with Gasteiger partial charge in [0.05, 0.1) is 7.11 Å². The van der Waals surface area contributed by atoms with Crippen molar-refractivity contribution in [3.05, 3.63) is 42.5 Å². The molecule has 0 bridgehead atoms. The Kier molecular flexibility index (Phi) is 5.19. The fourth-order valence-electron chi connectivity index (χ4n) is 1.92. The molecule has 0 fully saturated rings. The highest BCUT2D eigenvalue weighted by atomic mass is 16.5. The first-order valence-corrected chi connectivity index (χ1v) is 6.79. The molecule has 1 aromatic rings. The van der Waals surface area contributed by atoms with E-state index in [1.165, 1.54) is 5.56 Å². The summed E-state index contributed by atoms with van der Waals surface area (Å²) >= 11 is 0. The molecule has 1 unspecified atom stereocenters. The second-order valence-corrected chi connectivity index (χ2v) is 6.49. The summed E-state index contributed by atoms with van der Waals surface area (Å²) in [7, 11) is 1.70. The fourth-order valence-corrected chi connectivity index (χ4v) is 1.92. The molecule has 0 amide bonds. The van der Waals surface area contributed by atoms with E-state index in [-0.39, 0.29) is 11.0 Å². The molecule has 1 rings (SSSR count). The SMILES string of the molecule is C=CC(C)(CNC(C)(C)C)Cc1cccc(OC)c1. The number of benzene rings is 1. The molecule has 1 atom stereocenters. The van der Waals surface area contributed by atoms with Crippen LogP contribution in [0.1, 0.15) is 33.3 Å². The Labute approximate surface area is 117 Å². The molecule has 0 saturated heterocycles. The molecule has 1 aromatic carbocycles. The van der Waals surface area contributed by atoms with Crippen molar-refractivity contribution < 1.29 is 4.74 Å². The zero-order valence-electron chi connectivity index (χ0n) is 12.9. The third kappa shape index (κ3) is 5.48. The summed E-state index contributed by atoms with van der Waals surface area (Å²) in [4.78, 5) is 0. The Hall–Kier alpha value is -1.28. The fraction of sp³-hybridized carbons (Fsp3) is 0.529. The molecular weight excluding hydrogens is 234 g/mol. The lowest BCUT2D eigenvalue weighted by molar-refractivity contribution is 0.322. The van der Waals surface area contributed by atoms with Crippen LogP contribution in [0.5, 0.6) is 5.75 Å². The van der Waals surface area contributed by atoms with Crippen LogP contribution in [0, 0.1) is 5.41 Å². The van der Waals surface area contributed by atoms with E-state index < -0.39 is 0 Å². The predicted molar refractivity (Wildman–Crippen MR) is 82.8 cm³/mol. The van der Waals surface area contributed by atoms with Crippen LogP contribution in [0.15, 0.2) is 36.9 Å². The van der Waals surface area contributed by atoms with Gasteiger partial charge >= 0.3 is 0 Å². The number of ether oxygens (including phenoxy) is 1. The van der Waals surface area contributed by atoms with E-state index in [1.54, 1.807) is 7.11 Å². The summed E-state index contributed by atoms with van der Waals surface area (Å²) in [5.41, 5.74) is 1.44. The Morgan fingerprint density at radius 3 is 2.47 bits per heavy atom. The number of methoxy groups -OCH3 is 1. The molecule has 106 valence electrons. The molecule has 0 aliphatic carbocycles. The van der Waals surface area contributed by atoms with Crippen molar-refractivity contribution >= 4 is 0 Å². The van der Waals surface area contributed by atoms with E-state index in [2.05, 4.69) is 51.7 Å². The van der Waals surface area contributed by atoms with E-state index in [9.17, 15) is 0 Å². The van der Waals surface area contributed by atoms with Crippen molar-refractivity contribution in [2.24, 2.45) is 5.41 Å². The topological polar surface area (TPSA) is 21.3 Å². The normalized spacial score (nSPS) is 14.8. The number of hydrogen-bond acceptors (Lipinski definition) is 2. The van der Waals surface area contributed by atoms with Crippen molar-refractivity contribution in [1.29, 1.82) is 0 Å². The molecule has 2 heteroatoms. The average molecular weight is 261 g/mol. The highest BCUT2D eigenvalue weighted by molar-refractivity contribution is 5.29. The van der Waals surface area contributed by atoms with Crippen LogP contribution < -0.4 is 10.1 Å². The van der Waals surface area contributed by atoms with Gasteiger partial charge < -0.3 is 10.1 Å². The van der Waals surface area contributed by atoms with Gasteiger partial charge in [0.1, 0.15) is 5.75 Å². The van der Waals surface area contributed by atoms with Crippen LogP contribution in [-0.4, -0.2) is 19.2 Å². The van der Waals surface area contributed by atoms with Gasteiger partial charge in [0.2, 0.25) is 0 Å². The van der Waals surface area contributed by atoms with Crippen LogP contribution in [0.4, 0.5) is 0 Å². The van der Waals surface area contributed by atoms with Crippen molar-refractivity contribution in [1.82, 2.24) is 5.32 Å². The van der Waals surface area contributed by atoms with Crippen LogP contribution >= 0.6 is 0 Å². The summed E-state index contributed by atoms with van der Waals surface area (Å²) < 4.78 is 5.28. The highest BCUT2D eigenvalue weighted by Crippen LogP contribution is 2.25. The summed E-state index contributed by atoms with van der Waals surface area (Å²) in [6, 6.07) is 8.25. The maximum atomic E-state index is 5.28. The van der Waals surface area contributed by atoms with Gasteiger partial charge in [0.15, 0.2) is 0 Å². The zero-order chi connectivity index (χ0) is 14.5. The molecule has 0 radical (unpaired) electrons. The first kappa shape index (κ1) is 15.8. The third-order valence-corrected chi connectivity index (χ3v) is 3.26. The predicted octanol–water partition coefficient (Wildman–Crippen LogP) is 3.82. The van der Waals surface area contributed by atoms with Gasteiger partial charge in [-0.25, -0.2) is 0 Å². The average Bonchev–Trinajstić information content (AvgIpc) is 2.36. The van der Waals surface area contributed by atoms with E-state index in [1.807, 2.05) is 18.2 Å². The van der Waals surface area contributed by atoms with E-state index in [4.69, 9.17) is 4.74 Å². The maximum absolute atomic E-state index is 5.28. The molecule has 0 spiro atoms. The number of hydrogen-bond donors (Lipinski definition) is 1. The first-order chi connectivity index (χ1) is 8.78. The standard InChI is InChI=1S/C17H27NO/c1-7-17(5,13-18-16(2,3)4)12-14-9-8-10-15(11-14)19-6/h7-11,18H,1,12-13H2,2-6H3. The summed E-state index contributed by atoms with van der Waals surface area (Å²) in [6.45, 7) is 13.7. The van der Waals surface area contributed by atoms with E-state index >= 15 is 0 Å². The molecule has 0 aliphatic rings. The van der Waals surface area contributed by atoms with Crippen LogP contribution in [0.25, 0.3) is 0 Å². The third-order valence-electron chi connectivity index (χ3n) is 3.26. The van der Waals surface area contributed by atoms with Crippen LogP contribution in [0.2, 0.25) is 0 Å². The van der Waals surface area contributed by atoms with E-state index in [0.29, 0.717) is 0 Å². The monoisotopic (exact) mass is 261 g/mol. The second-order valence-electron chi connectivity index (χ2n) is 6.49. The molecule has 0 heterocycles. The lowest BCUT2D eigenvalue weighted by Crippen LogP contribution is -2.43. The van der Waals surface area contributed by atoms with Gasteiger partial charge in [-0.1, -0.05) is 25.1 Å². The van der Waals surface area contributed by atoms with Crippen LogP contribution in [-0.2, 0) is 6.42 Å². The minimum atomic E-state index is 0.0413. The lowest BCUT2D eigenvalue weighted by atomic mass is 9.83. The molecule has 0 saturated carbocycles. The van der Waals surface area contributed by atoms with Gasteiger partial charge in [0.25, 0.3) is 0 Å². The molecule has 0 aromatic heterocycles. The van der Waals surface area contributed by atoms with Gasteiger partial charge in [-0.2, -0.15) is 0 Å². The van der Waals surface area contributed by atoms with Gasteiger partial charge in [-0.05, 0) is 44.9 Å². The first-order valence-electron chi connectivity index (χ1n) is 6.79. The highest BCUT2D eigenvalue weighted by Gasteiger charge is 2.23. The number of rotatable bonds is 6. The molecule has 0 aliphatic heterocycles. The lowest BCUT2D eigenvalue weighted by Gasteiger charge is -2.31. The Bertz CT molecular complexity index is 420. The Morgan fingerprint density at radius 2 is 1.95 bits per heavy atom. The smallest absolute Gasteiger partial charge is 0.119 e. The quantitative estimate of drug-likeness (QED) is 0.786. The van der Waals surface area contributed by atoms with Gasteiger partial charge in [0, 0.05) is 17.5 Å². The van der Waals surface area contributed by atoms with Crippen molar-refractivity contribution in [2.75, 3.05) is 13.7 Å². The summed E-state index contributed by atoms with van der Waals surface area (Å²) in [5, 5.41) is 3.56. The molecular formula is C17H27NO. The molecule has 2 nitrogen and oxygen atoms in total. The maximum Gasteiger partial charge on any atom is 0.119 e. The van der Waals surface area contributed by atoms with Crippen LogP contribution in [0.3, 0.4) is 0 Å². The van der Waals surface area contributed by atoms with Gasteiger partial charge in [-0.3, -0.25) is 0 Å². The Morgan fingerprint density at radius 1 is 1.26 bits per heavy atom. The Balaban J connectivity index is 2.76. The van der Waals surface area contributed by atoms with Crippen molar-refractivity contribution in [2.45, 2.75) is 39.7 Å². The van der Waals surface area contributed by atoms with Crippen molar-refractivity contribution in [3.8, 4) is 5.75 Å². The summed E-state index contributed by atoms with van der Waals surface area (Å²) in [6.07, 6.45) is 3.00. The summed E-state index contributed by atoms with van der Waals surface area (Å²) in [5.74, 6) is 0.910. The molecule has 19 heavy (non-hydrogen) atoms. The second kappa shape index (κ2) is 6.25. The minimum absolute atomic E-state index is 0.0413. The molecule has 1 N–H and O–H groups in total.